The molecule has 0 saturated carbocycles. The molecule has 2 aromatic rings. The van der Waals surface area contributed by atoms with Crippen molar-refractivity contribution in [2.45, 2.75) is 38.3 Å². The summed E-state index contributed by atoms with van der Waals surface area (Å²) in [6, 6.07) is 12.6. The second kappa shape index (κ2) is 7.05. The van der Waals surface area contributed by atoms with Crippen molar-refractivity contribution in [1.82, 2.24) is 15.1 Å². The maximum Gasteiger partial charge on any atom is 0.103 e. The van der Waals surface area contributed by atoms with Gasteiger partial charge in [-0.1, -0.05) is 30.3 Å². The average molecular weight is 282 g/mol. The first-order chi connectivity index (χ1) is 10.2. The number of unbranched alkanes of at least 4 members (excludes halogenated alkanes) is 1. The molecule has 0 amide bonds. The van der Waals surface area contributed by atoms with Gasteiger partial charge in [0.15, 0.2) is 0 Å². The standard InChI is InChI=1S/C17H22N4/c1-17(14-18,19-2)10-6-7-11-21-13-16(12-20-21)15-8-4-3-5-9-15/h3-5,8-9,12-13,19H,6-7,10-11H2,1-2H3. The van der Waals surface area contributed by atoms with Gasteiger partial charge in [-0.25, -0.2) is 0 Å². The van der Waals surface area contributed by atoms with Crippen LogP contribution in [-0.4, -0.2) is 22.4 Å². The van der Waals surface area contributed by atoms with E-state index in [-0.39, 0.29) is 0 Å². The van der Waals surface area contributed by atoms with Crippen molar-refractivity contribution in [2.75, 3.05) is 7.05 Å². The Balaban J connectivity index is 1.83. The number of nitrogens with one attached hydrogen (secondary N) is 1. The van der Waals surface area contributed by atoms with Crippen LogP contribution in [0.5, 0.6) is 0 Å². The molecule has 0 fully saturated rings. The highest BCUT2D eigenvalue weighted by atomic mass is 15.3. The fraction of sp³-hybridized carbons (Fsp3) is 0.412. The zero-order valence-corrected chi connectivity index (χ0v) is 12.7. The van der Waals surface area contributed by atoms with Crippen molar-refractivity contribution < 1.29 is 0 Å². The number of nitriles is 1. The first-order valence-corrected chi connectivity index (χ1v) is 7.35. The molecule has 1 N–H and O–H groups in total. The van der Waals surface area contributed by atoms with E-state index in [0.717, 1.165) is 31.4 Å². The van der Waals surface area contributed by atoms with Gasteiger partial charge in [-0.3, -0.25) is 4.68 Å². The van der Waals surface area contributed by atoms with Crippen molar-refractivity contribution >= 4 is 0 Å². The Bertz CT molecular complexity index is 597. The zero-order valence-electron chi connectivity index (χ0n) is 12.7. The summed E-state index contributed by atoms with van der Waals surface area (Å²) in [5.74, 6) is 0. The molecule has 1 aromatic carbocycles. The minimum atomic E-state index is -0.417. The van der Waals surface area contributed by atoms with Gasteiger partial charge in [0.1, 0.15) is 5.54 Å². The van der Waals surface area contributed by atoms with Gasteiger partial charge in [0.2, 0.25) is 0 Å². The molecular weight excluding hydrogens is 260 g/mol. The summed E-state index contributed by atoms with van der Waals surface area (Å²) < 4.78 is 1.98. The zero-order chi connectivity index (χ0) is 15.1. The summed E-state index contributed by atoms with van der Waals surface area (Å²) in [6.07, 6.45) is 6.87. The Hall–Kier alpha value is -2.12. The molecule has 0 spiro atoms. The van der Waals surface area contributed by atoms with E-state index < -0.39 is 5.54 Å². The van der Waals surface area contributed by atoms with Crippen LogP contribution in [0, 0.1) is 11.3 Å². The Morgan fingerprint density at radius 3 is 2.67 bits per heavy atom. The van der Waals surface area contributed by atoms with Crippen molar-refractivity contribution in [1.29, 1.82) is 5.26 Å². The molecule has 1 unspecified atom stereocenters. The normalized spacial score (nSPS) is 13.6. The van der Waals surface area contributed by atoms with Crippen LogP contribution in [0.4, 0.5) is 0 Å². The summed E-state index contributed by atoms with van der Waals surface area (Å²) in [7, 11) is 1.84. The topological polar surface area (TPSA) is 53.6 Å². The molecule has 0 bridgehead atoms. The number of hydrogen-bond donors (Lipinski definition) is 1. The Kier molecular flexibility index (Phi) is 5.13. The number of rotatable bonds is 7. The minimum Gasteiger partial charge on any atom is -0.303 e. The molecule has 4 heteroatoms. The van der Waals surface area contributed by atoms with E-state index >= 15 is 0 Å². The van der Waals surface area contributed by atoms with E-state index in [2.05, 4.69) is 34.8 Å². The Morgan fingerprint density at radius 2 is 2.00 bits per heavy atom. The number of aromatic nitrogens is 2. The number of aryl methyl sites for hydroxylation is 1. The van der Waals surface area contributed by atoms with Gasteiger partial charge < -0.3 is 5.32 Å². The predicted octanol–water partition coefficient (Wildman–Crippen LogP) is 3.22. The molecule has 2 rings (SSSR count). The molecule has 0 aliphatic rings. The Morgan fingerprint density at radius 1 is 1.24 bits per heavy atom. The molecule has 1 aromatic heterocycles. The number of nitrogens with zero attached hydrogens (tertiary/aromatic N) is 3. The van der Waals surface area contributed by atoms with Crippen LogP contribution in [-0.2, 0) is 6.54 Å². The van der Waals surface area contributed by atoms with E-state index in [1.807, 2.05) is 43.0 Å². The molecule has 0 saturated heterocycles. The SMILES string of the molecule is CNC(C)(C#N)CCCCn1cc(-c2ccccc2)cn1. The summed E-state index contributed by atoms with van der Waals surface area (Å²) in [6.45, 7) is 2.83. The van der Waals surface area contributed by atoms with E-state index in [9.17, 15) is 0 Å². The molecule has 4 nitrogen and oxygen atoms in total. The highest BCUT2D eigenvalue weighted by Crippen LogP contribution is 2.18. The fourth-order valence-electron chi connectivity index (χ4n) is 2.25. The summed E-state index contributed by atoms with van der Waals surface area (Å²) in [5.41, 5.74) is 1.92. The lowest BCUT2D eigenvalue weighted by Crippen LogP contribution is -2.37. The van der Waals surface area contributed by atoms with Gasteiger partial charge in [-0.05, 0) is 38.8 Å². The lowest BCUT2D eigenvalue weighted by Gasteiger charge is -2.20. The third-order valence-electron chi connectivity index (χ3n) is 3.85. The second-order valence-corrected chi connectivity index (χ2v) is 5.51. The molecule has 0 aliphatic heterocycles. The average Bonchev–Trinajstić information content (AvgIpc) is 3.01. The third-order valence-corrected chi connectivity index (χ3v) is 3.85. The van der Waals surface area contributed by atoms with E-state index in [4.69, 9.17) is 5.26 Å². The van der Waals surface area contributed by atoms with Gasteiger partial charge in [-0.2, -0.15) is 10.4 Å². The van der Waals surface area contributed by atoms with E-state index in [1.165, 1.54) is 5.56 Å². The van der Waals surface area contributed by atoms with E-state index in [1.54, 1.807) is 0 Å². The number of benzene rings is 1. The molecule has 21 heavy (non-hydrogen) atoms. The van der Waals surface area contributed by atoms with Crippen molar-refractivity contribution in [3.8, 4) is 17.2 Å². The van der Waals surface area contributed by atoms with Crippen LogP contribution in [0.3, 0.4) is 0 Å². The third kappa shape index (κ3) is 4.17. The van der Waals surface area contributed by atoms with Crippen molar-refractivity contribution in [3.63, 3.8) is 0 Å². The van der Waals surface area contributed by atoms with Crippen LogP contribution >= 0.6 is 0 Å². The highest BCUT2D eigenvalue weighted by Gasteiger charge is 2.19. The molecular formula is C17H22N4. The molecule has 110 valence electrons. The van der Waals surface area contributed by atoms with Crippen LogP contribution in [0.15, 0.2) is 42.7 Å². The first-order valence-electron chi connectivity index (χ1n) is 7.35. The van der Waals surface area contributed by atoms with Crippen LogP contribution in [0.2, 0.25) is 0 Å². The largest absolute Gasteiger partial charge is 0.303 e. The maximum absolute atomic E-state index is 9.10. The molecule has 0 radical (unpaired) electrons. The lowest BCUT2D eigenvalue weighted by atomic mass is 9.97. The maximum atomic E-state index is 9.10. The van der Waals surface area contributed by atoms with Crippen LogP contribution < -0.4 is 5.32 Å². The summed E-state index contributed by atoms with van der Waals surface area (Å²) >= 11 is 0. The summed E-state index contributed by atoms with van der Waals surface area (Å²) in [4.78, 5) is 0. The highest BCUT2D eigenvalue weighted by molar-refractivity contribution is 5.61. The van der Waals surface area contributed by atoms with Gasteiger partial charge in [0, 0.05) is 18.3 Å². The predicted molar refractivity (Wildman–Crippen MR) is 84.6 cm³/mol. The monoisotopic (exact) mass is 282 g/mol. The molecule has 1 atom stereocenters. The fourth-order valence-corrected chi connectivity index (χ4v) is 2.25. The number of hydrogen-bond acceptors (Lipinski definition) is 3. The summed E-state index contributed by atoms with van der Waals surface area (Å²) in [5, 5.41) is 16.6. The minimum absolute atomic E-state index is 0.417. The quantitative estimate of drug-likeness (QED) is 0.793. The lowest BCUT2D eigenvalue weighted by molar-refractivity contribution is 0.419. The molecule has 0 aliphatic carbocycles. The van der Waals surface area contributed by atoms with Crippen molar-refractivity contribution in [2.24, 2.45) is 0 Å². The van der Waals surface area contributed by atoms with Gasteiger partial charge in [-0.15, -0.1) is 0 Å². The Labute approximate surface area is 126 Å². The first kappa shape index (κ1) is 15.3. The van der Waals surface area contributed by atoms with Gasteiger partial charge in [0.25, 0.3) is 0 Å². The second-order valence-electron chi connectivity index (χ2n) is 5.51. The molecule has 1 heterocycles. The van der Waals surface area contributed by atoms with Crippen LogP contribution in [0.25, 0.3) is 11.1 Å². The van der Waals surface area contributed by atoms with Gasteiger partial charge >= 0.3 is 0 Å². The smallest absolute Gasteiger partial charge is 0.103 e. The van der Waals surface area contributed by atoms with Crippen molar-refractivity contribution in [3.05, 3.63) is 42.7 Å². The van der Waals surface area contributed by atoms with Crippen LogP contribution in [0.1, 0.15) is 26.2 Å². The van der Waals surface area contributed by atoms with Gasteiger partial charge in [0.05, 0.1) is 12.3 Å². The van der Waals surface area contributed by atoms with E-state index in [0.29, 0.717) is 0 Å².